The number of anilines is 2. The first-order chi connectivity index (χ1) is 12.0. The number of rotatable bonds is 3. The minimum Gasteiger partial charge on any atom is -0.307 e. The molecule has 2 aromatic heterocycles. The van der Waals surface area contributed by atoms with Crippen LogP contribution < -0.4 is 10.6 Å². The van der Waals surface area contributed by atoms with Crippen molar-refractivity contribution >= 4 is 17.4 Å². The van der Waals surface area contributed by atoms with Crippen molar-refractivity contribution in [2.45, 2.75) is 20.8 Å². The van der Waals surface area contributed by atoms with Crippen molar-refractivity contribution in [3.63, 3.8) is 0 Å². The van der Waals surface area contributed by atoms with E-state index >= 15 is 0 Å². The second-order valence-corrected chi connectivity index (χ2v) is 5.55. The Labute approximate surface area is 144 Å². The number of hydrogen-bond donors (Lipinski definition) is 2. The third-order valence-electron chi connectivity index (χ3n) is 3.88. The first-order valence-corrected chi connectivity index (χ1v) is 7.62. The molecular weight excluding hydrogens is 323 g/mol. The molecule has 0 spiro atoms. The Balaban J connectivity index is 1.70. The molecule has 0 fully saturated rings. The number of aryl methyl sites for hydroxylation is 1. The van der Waals surface area contributed by atoms with Crippen LogP contribution >= 0.6 is 0 Å². The van der Waals surface area contributed by atoms with E-state index in [9.17, 15) is 9.18 Å². The number of urea groups is 1. The van der Waals surface area contributed by atoms with Crippen LogP contribution in [0.5, 0.6) is 0 Å². The SMILES string of the molecule is Cc1ncn(-c2ncc(NC(=O)Nc3cccc(F)c3C)cn2)c1C. The van der Waals surface area contributed by atoms with Gasteiger partial charge < -0.3 is 10.6 Å². The molecule has 128 valence electrons. The molecule has 7 nitrogen and oxygen atoms in total. The summed E-state index contributed by atoms with van der Waals surface area (Å²) in [6.07, 6.45) is 4.64. The van der Waals surface area contributed by atoms with Gasteiger partial charge >= 0.3 is 6.03 Å². The largest absolute Gasteiger partial charge is 0.323 e. The topological polar surface area (TPSA) is 84.7 Å². The van der Waals surface area contributed by atoms with E-state index in [4.69, 9.17) is 0 Å². The smallest absolute Gasteiger partial charge is 0.307 e. The van der Waals surface area contributed by atoms with Gasteiger partial charge in [0.25, 0.3) is 0 Å². The van der Waals surface area contributed by atoms with E-state index in [-0.39, 0.29) is 5.82 Å². The van der Waals surface area contributed by atoms with Crippen LogP contribution in [0.2, 0.25) is 0 Å². The Kier molecular flexibility index (Phi) is 4.42. The Morgan fingerprint density at radius 3 is 2.44 bits per heavy atom. The van der Waals surface area contributed by atoms with Crippen LogP contribution in [-0.4, -0.2) is 25.6 Å². The highest BCUT2D eigenvalue weighted by Crippen LogP contribution is 2.18. The number of amides is 2. The maximum Gasteiger partial charge on any atom is 0.323 e. The fraction of sp³-hybridized carbons (Fsp3) is 0.176. The quantitative estimate of drug-likeness (QED) is 0.765. The summed E-state index contributed by atoms with van der Waals surface area (Å²) in [6, 6.07) is 4.00. The van der Waals surface area contributed by atoms with Gasteiger partial charge in [0.05, 0.1) is 23.8 Å². The lowest BCUT2D eigenvalue weighted by Gasteiger charge is -2.10. The fourth-order valence-corrected chi connectivity index (χ4v) is 2.24. The number of aromatic nitrogens is 4. The van der Waals surface area contributed by atoms with Gasteiger partial charge in [-0.2, -0.15) is 0 Å². The Bertz CT molecular complexity index is 919. The molecule has 3 rings (SSSR count). The minimum absolute atomic E-state index is 0.371. The second-order valence-electron chi connectivity index (χ2n) is 5.55. The molecule has 0 radical (unpaired) electrons. The molecule has 0 bridgehead atoms. The van der Waals surface area contributed by atoms with Crippen molar-refractivity contribution in [3.8, 4) is 5.95 Å². The van der Waals surface area contributed by atoms with Crippen molar-refractivity contribution in [2.24, 2.45) is 0 Å². The van der Waals surface area contributed by atoms with Crippen molar-refractivity contribution in [1.82, 2.24) is 19.5 Å². The lowest BCUT2D eigenvalue weighted by molar-refractivity contribution is 0.262. The summed E-state index contributed by atoms with van der Waals surface area (Å²) < 4.78 is 15.3. The first-order valence-electron chi connectivity index (χ1n) is 7.62. The molecule has 0 unspecified atom stereocenters. The van der Waals surface area contributed by atoms with Gasteiger partial charge in [-0.05, 0) is 32.9 Å². The van der Waals surface area contributed by atoms with Gasteiger partial charge in [0.1, 0.15) is 12.1 Å². The van der Waals surface area contributed by atoms with Crippen LogP contribution in [0.4, 0.5) is 20.6 Å². The van der Waals surface area contributed by atoms with Crippen LogP contribution in [0.15, 0.2) is 36.9 Å². The van der Waals surface area contributed by atoms with Gasteiger partial charge in [-0.25, -0.2) is 24.1 Å². The number of carbonyl (C=O) groups excluding carboxylic acids is 1. The maximum atomic E-state index is 13.5. The van der Waals surface area contributed by atoms with Gasteiger partial charge in [0.2, 0.25) is 5.95 Å². The van der Waals surface area contributed by atoms with Gasteiger partial charge in [0.15, 0.2) is 0 Å². The van der Waals surface area contributed by atoms with E-state index in [1.165, 1.54) is 24.5 Å². The van der Waals surface area contributed by atoms with Gasteiger partial charge in [0, 0.05) is 16.9 Å². The van der Waals surface area contributed by atoms with Crippen molar-refractivity contribution in [1.29, 1.82) is 0 Å². The Morgan fingerprint density at radius 2 is 1.80 bits per heavy atom. The molecule has 0 aliphatic rings. The Hall–Kier alpha value is -3.29. The lowest BCUT2D eigenvalue weighted by Crippen LogP contribution is -2.20. The molecule has 0 saturated heterocycles. The van der Waals surface area contributed by atoms with E-state index in [2.05, 4.69) is 25.6 Å². The zero-order valence-corrected chi connectivity index (χ0v) is 14.0. The summed E-state index contributed by atoms with van der Waals surface area (Å²) >= 11 is 0. The van der Waals surface area contributed by atoms with Crippen molar-refractivity contribution < 1.29 is 9.18 Å². The summed E-state index contributed by atoms with van der Waals surface area (Å²) in [5.74, 6) is 0.0847. The highest BCUT2D eigenvalue weighted by Gasteiger charge is 2.10. The molecule has 0 aliphatic heterocycles. The average molecular weight is 340 g/mol. The number of hydrogen-bond acceptors (Lipinski definition) is 4. The molecule has 8 heteroatoms. The number of nitrogens with one attached hydrogen (secondary N) is 2. The van der Waals surface area contributed by atoms with Crippen LogP contribution in [-0.2, 0) is 0 Å². The molecule has 0 aliphatic carbocycles. The van der Waals surface area contributed by atoms with Crippen LogP contribution in [0.3, 0.4) is 0 Å². The third kappa shape index (κ3) is 3.47. The summed E-state index contributed by atoms with van der Waals surface area (Å²) in [5.41, 5.74) is 3.04. The fourth-order valence-electron chi connectivity index (χ4n) is 2.24. The molecule has 2 heterocycles. The predicted molar refractivity (Wildman–Crippen MR) is 92.4 cm³/mol. The molecule has 2 amide bonds. The van der Waals surface area contributed by atoms with Crippen molar-refractivity contribution in [2.75, 3.05) is 10.6 Å². The normalized spacial score (nSPS) is 10.6. The van der Waals surface area contributed by atoms with Crippen molar-refractivity contribution in [3.05, 3.63) is 59.7 Å². The zero-order chi connectivity index (χ0) is 18.0. The molecular formula is C17H17FN6O. The van der Waals surface area contributed by atoms with E-state index < -0.39 is 6.03 Å². The molecule has 1 aromatic carbocycles. The first kappa shape index (κ1) is 16.6. The van der Waals surface area contributed by atoms with Gasteiger partial charge in [-0.1, -0.05) is 6.07 Å². The second kappa shape index (κ2) is 6.68. The maximum absolute atomic E-state index is 13.5. The zero-order valence-electron chi connectivity index (χ0n) is 14.0. The van der Waals surface area contributed by atoms with Crippen LogP contribution in [0.25, 0.3) is 5.95 Å². The van der Waals surface area contributed by atoms with E-state index in [1.54, 1.807) is 23.9 Å². The average Bonchev–Trinajstić information content (AvgIpc) is 2.92. The molecule has 2 N–H and O–H groups in total. The summed E-state index contributed by atoms with van der Waals surface area (Å²) in [7, 11) is 0. The lowest BCUT2D eigenvalue weighted by atomic mass is 10.2. The van der Waals surface area contributed by atoms with Crippen LogP contribution in [0.1, 0.15) is 17.0 Å². The number of nitrogens with zero attached hydrogens (tertiary/aromatic N) is 4. The van der Waals surface area contributed by atoms with E-state index in [1.807, 2.05) is 13.8 Å². The van der Waals surface area contributed by atoms with Crippen LogP contribution in [0, 0.1) is 26.6 Å². The van der Waals surface area contributed by atoms with E-state index in [0.717, 1.165) is 11.4 Å². The minimum atomic E-state index is -0.500. The number of benzene rings is 1. The Morgan fingerprint density at radius 1 is 1.08 bits per heavy atom. The van der Waals surface area contributed by atoms with Gasteiger partial charge in [-0.15, -0.1) is 0 Å². The molecule has 0 atom stereocenters. The highest BCUT2D eigenvalue weighted by molar-refractivity contribution is 6.00. The van der Waals surface area contributed by atoms with E-state index in [0.29, 0.717) is 22.9 Å². The number of halogens is 1. The molecule has 3 aromatic rings. The third-order valence-corrected chi connectivity index (χ3v) is 3.88. The monoisotopic (exact) mass is 340 g/mol. The molecule has 25 heavy (non-hydrogen) atoms. The summed E-state index contributed by atoms with van der Waals surface area (Å²) in [4.78, 5) is 24.7. The molecule has 0 saturated carbocycles. The predicted octanol–water partition coefficient (Wildman–Crippen LogP) is 3.37. The van der Waals surface area contributed by atoms with Gasteiger partial charge in [-0.3, -0.25) is 4.57 Å². The highest BCUT2D eigenvalue weighted by atomic mass is 19.1. The summed E-state index contributed by atoms with van der Waals surface area (Å²) in [6.45, 7) is 5.42. The standard InChI is InChI=1S/C17H17FN6O/c1-10-14(18)5-4-6-15(10)23-17(25)22-13-7-19-16(20-8-13)24-9-21-11(2)12(24)3/h4-9H,1-3H3,(H2,22,23,25). The number of carbonyl (C=O) groups is 1. The number of imidazole rings is 1. The summed E-state index contributed by atoms with van der Waals surface area (Å²) in [5, 5.41) is 5.21.